The number of hydrogen-bond donors (Lipinski definition) is 1. The average molecular weight is 372 g/mol. The van der Waals surface area contributed by atoms with Crippen molar-refractivity contribution in [2.24, 2.45) is 5.10 Å². The minimum Gasteiger partial charge on any atom is -0.455 e. The largest absolute Gasteiger partial charge is 0.455 e. The van der Waals surface area contributed by atoms with E-state index >= 15 is 0 Å². The SMILES string of the molecule is O=C(Cc1ccccc1)N/N=C\c1ccc(-c2cccc(C(F)(F)F)c2)o1. The van der Waals surface area contributed by atoms with E-state index in [0.29, 0.717) is 11.3 Å². The molecule has 0 unspecified atom stereocenters. The average Bonchev–Trinajstić information content (AvgIpc) is 3.11. The summed E-state index contributed by atoms with van der Waals surface area (Å²) in [5.41, 5.74) is 2.79. The van der Waals surface area contributed by atoms with E-state index in [9.17, 15) is 18.0 Å². The molecular weight excluding hydrogens is 357 g/mol. The highest BCUT2D eigenvalue weighted by Gasteiger charge is 2.30. The molecule has 0 atom stereocenters. The van der Waals surface area contributed by atoms with Crippen molar-refractivity contribution >= 4 is 12.1 Å². The number of nitrogens with one attached hydrogen (secondary N) is 1. The Morgan fingerprint density at radius 3 is 2.56 bits per heavy atom. The van der Waals surface area contributed by atoms with Gasteiger partial charge in [0.25, 0.3) is 0 Å². The second-order valence-corrected chi connectivity index (χ2v) is 5.74. The number of nitrogens with zero attached hydrogens (tertiary/aromatic N) is 1. The predicted octanol–water partition coefficient (Wildman–Crippen LogP) is 4.66. The molecule has 0 fully saturated rings. The molecule has 1 aromatic heterocycles. The van der Waals surface area contributed by atoms with Gasteiger partial charge in [0.2, 0.25) is 5.91 Å². The normalized spacial score (nSPS) is 11.7. The van der Waals surface area contributed by atoms with Gasteiger partial charge in [0.1, 0.15) is 11.5 Å². The maximum absolute atomic E-state index is 12.8. The molecule has 0 saturated carbocycles. The lowest BCUT2D eigenvalue weighted by atomic mass is 10.1. The molecule has 138 valence electrons. The summed E-state index contributed by atoms with van der Waals surface area (Å²) < 4.78 is 43.9. The van der Waals surface area contributed by atoms with Crippen molar-refractivity contribution in [3.05, 3.63) is 83.6 Å². The number of hydrogen-bond acceptors (Lipinski definition) is 3. The first-order valence-corrected chi connectivity index (χ1v) is 8.05. The maximum Gasteiger partial charge on any atom is 0.416 e. The van der Waals surface area contributed by atoms with Crippen molar-refractivity contribution in [1.82, 2.24) is 5.43 Å². The zero-order chi connectivity index (χ0) is 19.3. The topological polar surface area (TPSA) is 54.6 Å². The van der Waals surface area contributed by atoms with Crippen LogP contribution >= 0.6 is 0 Å². The predicted molar refractivity (Wildman–Crippen MR) is 95.0 cm³/mol. The molecule has 2 aromatic carbocycles. The molecule has 7 heteroatoms. The summed E-state index contributed by atoms with van der Waals surface area (Å²) in [5, 5.41) is 3.80. The molecule has 1 N–H and O–H groups in total. The third kappa shape index (κ3) is 5.07. The van der Waals surface area contributed by atoms with Gasteiger partial charge in [0, 0.05) is 5.56 Å². The van der Waals surface area contributed by atoms with Gasteiger partial charge < -0.3 is 4.42 Å². The van der Waals surface area contributed by atoms with Crippen LogP contribution in [0, 0.1) is 0 Å². The number of furan rings is 1. The fraction of sp³-hybridized carbons (Fsp3) is 0.100. The zero-order valence-electron chi connectivity index (χ0n) is 14.0. The molecule has 27 heavy (non-hydrogen) atoms. The van der Waals surface area contributed by atoms with Gasteiger partial charge in [-0.3, -0.25) is 4.79 Å². The van der Waals surface area contributed by atoms with Crippen molar-refractivity contribution in [1.29, 1.82) is 0 Å². The minimum atomic E-state index is -4.42. The van der Waals surface area contributed by atoms with Crippen molar-refractivity contribution in [3.8, 4) is 11.3 Å². The lowest BCUT2D eigenvalue weighted by molar-refractivity contribution is -0.137. The molecule has 1 amide bonds. The Morgan fingerprint density at radius 2 is 1.81 bits per heavy atom. The number of carbonyl (C=O) groups excluding carboxylic acids is 1. The highest BCUT2D eigenvalue weighted by Crippen LogP contribution is 2.32. The first kappa shape index (κ1) is 18.4. The Kier molecular flexibility index (Phi) is 5.40. The molecule has 1 heterocycles. The molecule has 0 spiro atoms. The number of carbonyl (C=O) groups is 1. The van der Waals surface area contributed by atoms with Crippen LogP contribution in [0.1, 0.15) is 16.9 Å². The number of amides is 1. The van der Waals surface area contributed by atoms with Crippen molar-refractivity contribution in [2.75, 3.05) is 0 Å². The third-order valence-electron chi connectivity index (χ3n) is 3.69. The molecule has 0 aliphatic rings. The summed E-state index contributed by atoms with van der Waals surface area (Å²) in [4.78, 5) is 11.8. The van der Waals surface area contributed by atoms with Crippen LogP contribution in [0.2, 0.25) is 0 Å². The summed E-state index contributed by atoms with van der Waals surface area (Å²) in [6.45, 7) is 0. The molecule has 4 nitrogen and oxygen atoms in total. The molecule has 0 saturated heterocycles. The Bertz CT molecular complexity index is 947. The fourth-order valence-corrected chi connectivity index (χ4v) is 2.41. The smallest absolute Gasteiger partial charge is 0.416 e. The van der Waals surface area contributed by atoms with Gasteiger partial charge in [-0.1, -0.05) is 42.5 Å². The van der Waals surface area contributed by atoms with Gasteiger partial charge in [-0.2, -0.15) is 18.3 Å². The van der Waals surface area contributed by atoms with E-state index in [4.69, 9.17) is 4.42 Å². The fourth-order valence-electron chi connectivity index (χ4n) is 2.41. The van der Waals surface area contributed by atoms with Crippen LogP contribution in [0.25, 0.3) is 11.3 Å². The van der Waals surface area contributed by atoms with Gasteiger partial charge in [0.15, 0.2) is 0 Å². The van der Waals surface area contributed by atoms with Crippen LogP contribution in [0.4, 0.5) is 13.2 Å². The van der Waals surface area contributed by atoms with Gasteiger partial charge in [-0.15, -0.1) is 0 Å². The van der Waals surface area contributed by atoms with Crippen LogP contribution in [-0.4, -0.2) is 12.1 Å². The summed E-state index contributed by atoms with van der Waals surface area (Å²) in [5.74, 6) is 0.294. The second-order valence-electron chi connectivity index (χ2n) is 5.74. The molecule has 3 aromatic rings. The first-order valence-electron chi connectivity index (χ1n) is 8.05. The van der Waals surface area contributed by atoms with Gasteiger partial charge >= 0.3 is 6.18 Å². The lowest BCUT2D eigenvalue weighted by Crippen LogP contribution is -2.19. The van der Waals surface area contributed by atoms with Crippen LogP contribution < -0.4 is 5.43 Å². The molecule has 0 bridgehead atoms. The van der Waals surface area contributed by atoms with Crippen molar-refractivity contribution in [2.45, 2.75) is 12.6 Å². The Morgan fingerprint density at radius 1 is 1.04 bits per heavy atom. The van der Waals surface area contributed by atoms with Crippen LogP contribution in [-0.2, 0) is 17.4 Å². The van der Waals surface area contributed by atoms with Gasteiger partial charge in [-0.25, -0.2) is 5.43 Å². The van der Waals surface area contributed by atoms with Crippen LogP contribution in [0.3, 0.4) is 0 Å². The van der Waals surface area contributed by atoms with E-state index in [1.54, 1.807) is 12.1 Å². The van der Waals surface area contributed by atoms with Crippen LogP contribution in [0.5, 0.6) is 0 Å². The minimum absolute atomic E-state index is 0.186. The number of alkyl halides is 3. The Balaban J connectivity index is 1.62. The number of halogens is 3. The molecular formula is C20H15F3N2O2. The molecule has 0 aliphatic heterocycles. The monoisotopic (exact) mass is 372 g/mol. The summed E-state index contributed by atoms with van der Waals surface area (Å²) in [6.07, 6.45) is -2.94. The standard InChI is InChI=1S/C20H15F3N2O2/c21-20(22,23)16-8-4-7-15(12-16)18-10-9-17(27-18)13-24-25-19(26)11-14-5-2-1-3-6-14/h1-10,12-13H,11H2,(H,25,26)/b24-13-. The first-order chi connectivity index (χ1) is 12.9. The zero-order valence-corrected chi connectivity index (χ0v) is 14.0. The van der Waals surface area contributed by atoms with E-state index in [2.05, 4.69) is 10.5 Å². The quantitative estimate of drug-likeness (QED) is 0.523. The summed E-state index contributed by atoms with van der Waals surface area (Å²) in [7, 11) is 0. The van der Waals surface area contributed by atoms with E-state index in [-0.39, 0.29) is 18.1 Å². The maximum atomic E-state index is 12.8. The summed E-state index contributed by atoms with van der Waals surface area (Å²) in [6, 6.07) is 17.2. The van der Waals surface area contributed by atoms with E-state index in [0.717, 1.165) is 17.7 Å². The Labute approximate surface area is 153 Å². The molecule has 0 radical (unpaired) electrons. The third-order valence-corrected chi connectivity index (χ3v) is 3.69. The molecule has 3 rings (SSSR count). The molecule has 0 aliphatic carbocycles. The van der Waals surface area contributed by atoms with E-state index in [1.807, 2.05) is 30.3 Å². The van der Waals surface area contributed by atoms with E-state index in [1.165, 1.54) is 18.3 Å². The number of hydrazone groups is 1. The highest BCUT2D eigenvalue weighted by atomic mass is 19.4. The second kappa shape index (κ2) is 7.90. The summed E-state index contributed by atoms with van der Waals surface area (Å²) >= 11 is 0. The van der Waals surface area contributed by atoms with Crippen LogP contribution in [0.15, 0.2) is 76.2 Å². The van der Waals surface area contributed by atoms with Gasteiger partial charge in [-0.05, 0) is 29.8 Å². The van der Waals surface area contributed by atoms with E-state index < -0.39 is 11.7 Å². The van der Waals surface area contributed by atoms with Gasteiger partial charge in [0.05, 0.1) is 18.2 Å². The highest BCUT2D eigenvalue weighted by molar-refractivity contribution is 5.82. The lowest BCUT2D eigenvalue weighted by Gasteiger charge is -2.07. The number of rotatable bonds is 5. The van der Waals surface area contributed by atoms with Crippen molar-refractivity contribution in [3.63, 3.8) is 0 Å². The van der Waals surface area contributed by atoms with Crippen molar-refractivity contribution < 1.29 is 22.4 Å². The number of benzene rings is 2. The Hall–Kier alpha value is -3.35.